The molecule has 2 rings (SSSR count). The number of hydrogen-bond acceptors (Lipinski definition) is 1. The Labute approximate surface area is 112 Å². The fraction of sp³-hybridized carbons (Fsp3) is 0.250. The molecule has 1 nitrogen and oxygen atoms in total. The van der Waals surface area contributed by atoms with Gasteiger partial charge < -0.3 is 5.32 Å². The molecule has 1 N–H and O–H groups in total. The van der Waals surface area contributed by atoms with Gasteiger partial charge in [0.05, 0.1) is 0 Å². The molecule has 19 heavy (non-hydrogen) atoms. The van der Waals surface area contributed by atoms with Gasteiger partial charge in [-0.15, -0.1) is 0 Å². The van der Waals surface area contributed by atoms with Gasteiger partial charge in [-0.3, -0.25) is 0 Å². The van der Waals surface area contributed by atoms with Crippen molar-refractivity contribution in [3.63, 3.8) is 0 Å². The van der Waals surface area contributed by atoms with Gasteiger partial charge in [-0.25, -0.2) is 8.78 Å². The first-order valence-corrected chi connectivity index (χ1v) is 6.46. The first-order valence-electron chi connectivity index (χ1n) is 6.46. The Bertz CT molecular complexity index is 535. The molecule has 0 aromatic heterocycles. The fourth-order valence-corrected chi connectivity index (χ4v) is 1.94. The van der Waals surface area contributed by atoms with Gasteiger partial charge in [0, 0.05) is 23.9 Å². The van der Waals surface area contributed by atoms with Gasteiger partial charge >= 0.3 is 0 Å². The summed E-state index contributed by atoms with van der Waals surface area (Å²) in [6.07, 6.45) is 2.18. The van der Waals surface area contributed by atoms with Crippen LogP contribution in [0.1, 0.15) is 24.5 Å². The molecule has 2 aromatic rings. The first kappa shape index (κ1) is 13.5. The van der Waals surface area contributed by atoms with E-state index in [4.69, 9.17) is 0 Å². The van der Waals surface area contributed by atoms with Crippen LogP contribution in [0.4, 0.5) is 14.5 Å². The number of anilines is 1. The summed E-state index contributed by atoms with van der Waals surface area (Å²) in [6.45, 7) is 2.49. The van der Waals surface area contributed by atoms with E-state index in [2.05, 4.69) is 24.4 Å². The maximum atomic E-state index is 13.4. The van der Waals surface area contributed by atoms with Crippen molar-refractivity contribution in [1.29, 1.82) is 0 Å². The predicted octanol–water partition coefficient (Wildman–Crippen LogP) is 4.53. The maximum absolute atomic E-state index is 13.4. The average Bonchev–Trinajstić information content (AvgIpc) is 2.40. The van der Waals surface area contributed by atoms with Crippen molar-refractivity contribution in [3.05, 3.63) is 65.2 Å². The fourth-order valence-electron chi connectivity index (χ4n) is 1.94. The van der Waals surface area contributed by atoms with Crippen LogP contribution < -0.4 is 5.32 Å². The lowest BCUT2D eigenvalue weighted by atomic mass is 10.1. The van der Waals surface area contributed by atoms with Gasteiger partial charge in [-0.2, -0.15) is 0 Å². The van der Waals surface area contributed by atoms with E-state index in [0.29, 0.717) is 12.1 Å². The Kier molecular flexibility index (Phi) is 4.50. The van der Waals surface area contributed by atoms with Crippen molar-refractivity contribution in [2.75, 3.05) is 5.32 Å². The standard InChI is InChI=1S/C16H17F2N/c1-2-3-12-4-8-15(9-5-12)19-11-13-6-7-14(17)10-16(13)18/h4-10,19H,2-3,11H2,1H3. The number of benzene rings is 2. The molecular formula is C16H17F2N. The van der Waals surface area contributed by atoms with Crippen LogP contribution in [0.2, 0.25) is 0 Å². The van der Waals surface area contributed by atoms with Crippen molar-refractivity contribution in [1.82, 2.24) is 0 Å². The third-order valence-corrected chi connectivity index (χ3v) is 2.99. The highest BCUT2D eigenvalue weighted by molar-refractivity contribution is 5.45. The highest BCUT2D eigenvalue weighted by Gasteiger charge is 2.03. The van der Waals surface area contributed by atoms with Crippen LogP contribution in [0.25, 0.3) is 0 Å². The van der Waals surface area contributed by atoms with Crippen LogP contribution in [0.15, 0.2) is 42.5 Å². The van der Waals surface area contributed by atoms with Crippen molar-refractivity contribution in [2.45, 2.75) is 26.3 Å². The topological polar surface area (TPSA) is 12.0 Å². The first-order chi connectivity index (χ1) is 9.19. The summed E-state index contributed by atoms with van der Waals surface area (Å²) in [5.74, 6) is -1.07. The lowest BCUT2D eigenvalue weighted by Crippen LogP contribution is -2.02. The van der Waals surface area contributed by atoms with Gasteiger partial charge in [0.2, 0.25) is 0 Å². The zero-order chi connectivity index (χ0) is 13.7. The molecule has 0 saturated carbocycles. The highest BCUT2D eigenvalue weighted by Crippen LogP contribution is 2.14. The normalized spacial score (nSPS) is 10.5. The molecule has 100 valence electrons. The zero-order valence-corrected chi connectivity index (χ0v) is 10.9. The molecule has 0 heterocycles. The summed E-state index contributed by atoms with van der Waals surface area (Å²) >= 11 is 0. The Morgan fingerprint density at radius 2 is 1.74 bits per heavy atom. The predicted molar refractivity (Wildman–Crippen MR) is 74.1 cm³/mol. The van der Waals surface area contributed by atoms with E-state index in [1.54, 1.807) is 0 Å². The highest BCUT2D eigenvalue weighted by atomic mass is 19.1. The zero-order valence-electron chi connectivity index (χ0n) is 10.9. The molecule has 2 aromatic carbocycles. The lowest BCUT2D eigenvalue weighted by molar-refractivity contribution is 0.574. The van der Waals surface area contributed by atoms with Crippen molar-refractivity contribution in [2.24, 2.45) is 0 Å². The van der Waals surface area contributed by atoms with Crippen LogP contribution in [0, 0.1) is 11.6 Å². The van der Waals surface area contributed by atoms with E-state index in [0.717, 1.165) is 24.6 Å². The summed E-state index contributed by atoms with van der Waals surface area (Å²) < 4.78 is 26.2. The average molecular weight is 261 g/mol. The van der Waals surface area contributed by atoms with Crippen LogP contribution in [0.5, 0.6) is 0 Å². The molecule has 0 aliphatic heterocycles. The molecule has 0 radical (unpaired) electrons. The second-order valence-electron chi connectivity index (χ2n) is 4.54. The smallest absolute Gasteiger partial charge is 0.131 e. The molecule has 3 heteroatoms. The Morgan fingerprint density at radius 1 is 1.00 bits per heavy atom. The van der Waals surface area contributed by atoms with Gasteiger partial charge in [0.1, 0.15) is 11.6 Å². The summed E-state index contributed by atoms with van der Waals surface area (Å²) in [4.78, 5) is 0. The van der Waals surface area contributed by atoms with E-state index in [9.17, 15) is 8.78 Å². The van der Waals surface area contributed by atoms with Crippen LogP contribution >= 0.6 is 0 Å². The Hall–Kier alpha value is -1.90. The molecule has 0 unspecified atom stereocenters. The quantitative estimate of drug-likeness (QED) is 0.833. The third-order valence-electron chi connectivity index (χ3n) is 2.99. The van der Waals surface area contributed by atoms with E-state index >= 15 is 0 Å². The summed E-state index contributed by atoms with van der Waals surface area (Å²) in [7, 11) is 0. The Balaban J connectivity index is 1.98. The SMILES string of the molecule is CCCc1ccc(NCc2ccc(F)cc2F)cc1. The molecule has 0 aliphatic carbocycles. The van der Waals surface area contributed by atoms with E-state index in [1.165, 1.54) is 17.7 Å². The summed E-state index contributed by atoms with van der Waals surface area (Å²) in [5.41, 5.74) is 2.68. The van der Waals surface area contributed by atoms with Crippen LogP contribution in [-0.4, -0.2) is 0 Å². The van der Waals surface area contributed by atoms with E-state index in [1.807, 2.05) is 12.1 Å². The minimum Gasteiger partial charge on any atom is -0.381 e. The van der Waals surface area contributed by atoms with Gasteiger partial charge in [-0.05, 0) is 30.2 Å². The molecule has 0 amide bonds. The second kappa shape index (κ2) is 6.32. The molecule has 0 atom stereocenters. The minimum absolute atomic E-state index is 0.346. The van der Waals surface area contributed by atoms with Gasteiger partial charge in [0.25, 0.3) is 0 Å². The summed E-state index contributed by atoms with van der Waals surface area (Å²) in [6, 6.07) is 11.7. The minimum atomic E-state index is -0.551. The molecule has 0 saturated heterocycles. The number of hydrogen-bond donors (Lipinski definition) is 1. The van der Waals surface area contributed by atoms with Crippen LogP contribution in [0.3, 0.4) is 0 Å². The Morgan fingerprint density at radius 3 is 2.37 bits per heavy atom. The van der Waals surface area contributed by atoms with Crippen molar-refractivity contribution >= 4 is 5.69 Å². The number of halogens is 2. The second-order valence-corrected chi connectivity index (χ2v) is 4.54. The third kappa shape index (κ3) is 3.78. The lowest BCUT2D eigenvalue weighted by Gasteiger charge is -2.08. The number of rotatable bonds is 5. The van der Waals surface area contributed by atoms with Gasteiger partial charge in [0.15, 0.2) is 0 Å². The van der Waals surface area contributed by atoms with E-state index < -0.39 is 11.6 Å². The summed E-state index contributed by atoms with van der Waals surface area (Å²) in [5, 5.41) is 3.13. The molecule has 0 spiro atoms. The van der Waals surface area contributed by atoms with E-state index in [-0.39, 0.29) is 0 Å². The molecule has 0 fully saturated rings. The number of nitrogens with one attached hydrogen (secondary N) is 1. The van der Waals surface area contributed by atoms with Crippen molar-refractivity contribution in [3.8, 4) is 0 Å². The maximum Gasteiger partial charge on any atom is 0.131 e. The molecular weight excluding hydrogens is 244 g/mol. The molecule has 0 bridgehead atoms. The molecule has 0 aliphatic rings. The monoisotopic (exact) mass is 261 g/mol. The van der Waals surface area contributed by atoms with Crippen LogP contribution in [-0.2, 0) is 13.0 Å². The number of aryl methyl sites for hydroxylation is 1. The largest absolute Gasteiger partial charge is 0.381 e. The van der Waals surface area contributed by atoms with Crippen molar-refractivity contribution < 1.29 is 8.78 Å². The van der Waals surface area contributed by atoms with Gasteiger partial charge in [-0.1, -0.05) is 31.5 Å².